The van der Waals surface area contributed by atoms with Crippen LogP contribution in [-0.4, -0.2) is 31.7 Å². The summed E-state index contributed by atoms with van der Waals surface area (Å²) in [5.41, 5.74) is 2.53. The Hall–Kier alpha value is -3.02. The van der Waals surface area contributed by atoms with Gasteiger partial charge in [-0.25, -0.2) is 4.79 Å². The molecule has 0 aliphatic rings. The number of nitrogens with one attached hydrogen (secondary N) is 1. The molecule has 0 saturated heterocycles. The minimum Gasteiger partial charge on any atom is -0.482 e. The van der Waals surface area contributed by atoms with E-state index in [4.69, 9.17) is 9.47 Å². The predicted molar refractivity (Wildman–Crippen MR) is 98.6 cm³/mol. The van der Waals surface area contributed by atoms with Crippen LogP contribution in [-0.2, 0) is 14.3 Å². The molecule has 138 valence electrons. The van der Waals surface area contributed by atoms with Crippen LogP contribution >= 0.6 is 0 Å². The van der Waals surface area contributed by atoms with Gasteiger partial charge in [-0.05, 0) is 62.2 Å². The second kappa shape index (κ2) is 8.89. The first-order valence-electron chi connectivity index (χ1n) is 8.23. The summed E-state index contributed by atoms with van der Waals surface area (Å²) in [5, 5.41) is 2.84. The summed E-state index contributed by atoms with van der Waals surface area (Å²) >= 11 is 0. The largest absolute Gasteiger partial charge is 0.482 e. The molecule has 2 aromatic rings. The highest BCUT2D eigenvalue weighted by atomic mass is 16.6. The summed E-state index contributed by atoms with van der Waals surface area (Å²) in [5.74, 6) is 0.464. The fraction of sp³-hybridized carbons (Fsp3) is 0.300. The van der Waals surface area contributed by atoms with E-state index in [-0.39, 0.29) is 12.5 Å². The molecule has 0 aliphatic carbocycles. The summed E-state index contributed by atoms with van der Waals surface area (Å²) in [6.07, 6.45) is -0.647. The van der Waals surface area contributed by atoms with Gasteiger partial charge in [-0.2, -0.15) is 0 Å². The van der Waals surface area contributed by atoms with E-state index in [1.165, 1.54) is 7.11 Å². The van der Waals surface area contributed by atoms with Crippen molar-refractivity contribution in [3.8, 4) is 11.5 Å². The van der Waals surface area contributed by atoms with Gasteiger partial charge in [-0.15, -0.1) is 0 Å². The van der Waals surface area contributed by atoms with Gasteiger partial charge in [0.05, 0.1) is 7.11 Å². The van der Waals surface area contributed by atoms with Crippen LogP contribution in [0.15, 0.2) is 42.5 Å². The van der Waals surface area contributed by atoms with Crippen molar-refractivity contribution < 1.29 is 23.8 Å². The Labute approximate surface area is 153 Å². The number of aryl methyl sites for hydroxylation is 2. The third-order valence-electron chi connectivity index (χ3n) is 3.71. The van der Waals surface area contributed by atoms with Crippen molar-refractivity contribution in [1.29, 1.82) is 0 Å². The van der Waals surface area contributed by atoms with E-state index in [1.807, 2.05) is 38.1 Å². The zero-order valence-corrected chi connectivity index (χ0v) is 15.4. The first-order valence-corrected chi connectivity index (χ1v) is 8.23. The molecule has 0 fully saturated rings. The van der Waals surface area contributed by atoms with Crippen molar-refractivity contribution in [2.24, 2.45) is 0 Å². The van der Waals surface area contributed by atoms with Crippen molar-refractivity contribution in [1.82, 2.24) is 0 Å². The second-order valence-electron chi connectivity index (χ2n) is 5.91. The molecule has 2 rings (SSSR count). The van der Waals surface area contributed by atoms with Crippen LogP contribution in [0.5, 0.6) is 11.5 Å². The van der Waals surface area contributed by atoms with Gasteiger partial charge in [0.2, 0.25) is 0 Å². The van der Waals surface area contributed by atoms with Crippen molar-refractivity contribution in [2.75, 3.05) is 19.0 Å². The number of hydrogen-bond donors (Lipinski definition) is 1. The third-order valence-corrected chi connectivity index (χ3v) is 3.71. The van der Waals surface area contributed by atoms with Gasteiger partial charge < -0.3 is 19.5 Å². The minimum absolute atomic E-state index is 0.164. The van der Waals surface area contributed by atoms with Crippen molar-refractivity contribution in [3.05, 3.63) is 53.6 Å². The number of ether oxygens (including phenoxy) is 3. The molecule has 0 radical (unpaired) electrons. The third kappa shape index (κ3) is 5.51. The molecule has 26 heavy (non-hydrogen) atoms. The van der Waals surface area contributed by atoms with Crippen LogP contribution in [0.1, 0.15) is 18.1 Å². The predicted octanol–water partition coefficient (Wildman–Crippen LogP) is 3.26. The first-order chi connectivity index (χ1) is 12.4. The van der Waals surface area contributed by atoms with E-state index < -0.39 is 12.1 Å². The van der Waals surface area contributed by atoms with Gasteiger partial charge in [0.15, 0.2) is 12.7 Å². The highest BCUT2D eigenvalue weighted by Gasteiger charge is 2.16. The molecule has 6 nitrogen and oxygen atoms in total. The summed E-state index contributed by atoms with van der Waals surface area (Å²) in [6.45, 7) is 5.33. The smallest absolute Gasteiger partial charge is 0.343 e. The van der Waals surface area contributed by atoms with Gasteiger partial charge in [0, 0.05) is 5.69 Å². The van der Waals surface area contributed by atoms with Gasteiger partial charge in [-0.3, -0.25) is 4.79 Å². The fourth-order valence-corrected chi connectivity index (χ4v) is 2.25. The summed E-state index contributed by atoms with van der Waals surface area (Å²) < 4.78 is 15.5. The highest BCUT2D eigenvalue weighted by molar-refractivity contribution is 5.94. The number of anilines is 1. The topological polar surface area (TPSA) is 73.9 Å². The van der Waals surface area contributed by atoms with Gasteiger partial charge >= 0.3 is 5.97 Å². The summed E-state index contributed by atoms with van der Waals surface area (Å²) in [6, 6.07) is 12.7. The van der Waals surface area contributed by atoms with Crippen LogP contribution in [0, 0.1) is 13.8 Å². The molecule has 0 heterocycles. The lowest BCUT2D eigenvalue weighted by Gasteiger charge is -2.16. The highest BCUT2D eigenvalue weighted by Crippen LogP contribution is 2.22. The maximum atomic E-state index is 12.4. The van der Waals surface area contributed by atoms with Crippen molar-refractivity contribution >= 4 is 17.6 Å². The molecule has 6 heteroatoms. The number of esters is 1. The SMILES string of the molecule is COC(=O)COc1ccc(NC(=O)C(C)Oc2cccc(C)c2)c(C)c1. The number of methoxy groups -OCH3 is 1. The van der Waals surface area contributed by atoms with Gasteiger partial charge in [0.25, 0.3) is 5.91 Å². The first kappa shape index (κ1) is 19.3. The number of benzene rings is 2. The normalized spacial score (nSPS) is 11.4. The quantitative estimate of drug-likeness (QED) is 0.770. The molecule has 1 amide bonds. The van der Waals surface area contributed by atoms with Crippen molar-refractivity contribution in [3.63, 3.8) is 0 Å². The minimum atomic E-state index is -0.647. The molecular formula is C20H23NO5. The fourth-order valence-electron chi connectivity index (χ4n) is 2.25. The average Bonchev–Trinajstić information content (AvgIpc) is 2.61. The Balaban J connectivity index is 1.96. The molecule has 0 saturated carbocycles. The van der Waals surface area contributed by atoms with Crippen LogP contribution in [0.2, 0.25) is 0 Å². The molecule has 0 aliphatic heterocycles. The molecule has 0 bridgehead atoms. The molecule has 1 N–H and O–H groups in total. The average molecular weight is 357 g/mol. The molecule has 1 atom stereocenters. The number of rotatable bonds is 7. The molecule has 2 aromatic carbocycles. The Morgan fingerprint density at radius 3 is 2.50 bits per heavy atom. The lowest BCUT2D eigenvalue weighted by atomic mass is 10.2. The number of hydrogen-bond acceptors (Lipinski definition) is 5. The maximum absolute atomic E-state index is 12.4. The maximum Gasteiger partial charge on any atom is 0.343 e. The van der Waals surface area contributed by atoms with Gasteiger partial charge in [0.1, 0.15) is 11.5 Å². The lowest BCUT2D eigenvalue weighted by Crippen LogP contribution is -2.30. The summed E-state index contributed by atoms with van der Waals surface area (Å²) in [7, 11) is 1.30. The van der Waals surface area contributed by atoms with Crippen LogP contribution < -0.4 is 14.8 Å². The zero-order chi connectivity index (χ0) is 19.1. The summed E-state index contributed by atoms with van der Waals surface area (Å²) in [4.78, 5) is 23.5. The van der Waals surface area contributed by atoms with E-state index in [9.17, 15) is 9.59 Å². The van der Waals surface area contributed by atoms with Crippen molar-refractivity contribution in [2.45, 2.75) is 26.9 Å². The molecule has 1 unspecified atom stereocenters. The van der Waals surface area contributed by atoms with Crippen LogP contribution in [0.25, 0.3) is 0 Å². The standard InChI is InChI=1S/C20H23NO5/c1-13-6-5-7-17(10-13)26-15(3)20(23)21-18-9-8-16(11-14(18)2)25-12-19(22)24-4/h5-11,15H,12H2,1-4H3,(H,21,23). The van der Waals surface area contributed by atoms with E-state index in [1.54, 1.807) is 25.1 Å². The Morgan fingerprint density at radius 1 is 1.08 bits per heavy atom. The number of amides is 1. The molecule has 0 aromatic heterocycles. The monoisotopic (exact) mass is 357 g/mol. The Bertz CT molecular complexity index is 788. The Morgan fingerprint density at radius 2 is 1.85 bits per heavy atom. The van der Waals surface area contributed by atoms with Crippen LogP contribution in [0.4, 0.5) is 5.69 Å². The Kier molecular flexibility index (Phi) is 6.60. The van der Waals surface area contributed by atoms with E-state index in [0.717, 1.165) is 11.1 Å². The number of carbonyl (C=O) groups excluding carboxylic acids is 2. The van der Waals surface area contributed by atoms with Gasteiger partial charge in [-0.1, -0.05) is 12.1 Å². The molecular weight excluding hydrogens is 334 g/mol. The zero-order valence-electron chi connectivity index (χ0n) is 15.4. The second-order valence-corrected chi connectivity index (χ2v) is 5.91. The van der Waals surface area contributed by atoms with E-state index in [2.05, 4.69) is 10.1 Å². The van der Waals surface area contributed by atoms with Crippen LogP contribution in [0.3, 0.4) is 0 Å². The van der Waals surface area contributed by atoms with E-state index >= 15 is 0 Å². The number of carbonyl (C=O) groups is 2. The lowest BCUT2D eigenvalue weighted by molar-refractivity contribution is -0.142. The molecule has 0 spiro atoms. The van der Waals surface area contributed by atoms with E-state index in [0.29, 0.717) is 17.2 Å².